The monoisotopic (exact) mass is 372 g/mol. The van der Waals surface area contributed by atoms with E-state index in [-0.39, 0.29) is 11.9 Å². The predicted molar refractivity (Wildman–Crippen MR) is 106 cm³/mol. The number of thioether (sulfide) groups is 2. The molecule has 2 aliphatic rings. The van der Waals surface area contributed by atoms with E-state index < -0.39 is 0 Å². The third kappa shape index (κ3) is 4.04. The van der Waals surface area contributed by atoms with Crippen LogP contribution in [0.4, 0.5) is 4.39 Å². The second-order valence-electron chi connectivity index (χ2n) is 6.35. The largest absolute Gasteiger partial charge is 0.358 e. The molecule has 130 valence electrons. The van der Waals surface area contributed by atoms with Gasteiger partial charge in [0.1, 0.15) is 5.82 Å². The van der Waals surface area contributed by atoms with E-state index in [4.69, 9.17) is 0 Å². The normalized spacial score (nSPS) is 17.7. The van der Waals surface area contributed by atoms with E-state index in [1.54, 1.807) is 23.9 Å². The molecule has 1 atom stereocenters. The van der Waals surface area contributed by atoms with Crippen LogP contribution in [0.1, 0.15) is 29.2 Å². The van der Waals surface area contributed by atoms with Crippen molar-refractivity contribution in [1.82, 2.24) is 5.32 Å². The molecule has 2 aromatic rings. The molecule has 0 spiro atoms. The van der Waals surface area contributed by atoms with E-state index >= 15 is 0 Å². The lowest BCUT2D eigenvalue weighted by atomic mass is 9.96. The van der Waals surface area contributed by atoms with Gasteiger partial charge < -0.3 is 5.32 Å². The van der Waals surface area contributed by atoms with Crippen LogP contribution in [-0.2, 0) is 12.8 Å². The van der Waals surface area contributed by atoms with Gasteiger partial charge in [-0.25, -0.2) is 4.39 Å². The molecule has 5 heteroatoms. The quantitative estimate of drug-likeness (QED) is 0.831. The first-order chi connectivity index (χ1) is 12.3. The van der Waals surface area contributed by atoms with Crippen LogP contribution in [0.2, 0.25) is 0 Å². The summed E-state index contributed by atoms with van der Waals surface area (Å²) in [5.41, 5.74) is 3.78. The Bertz CT molecular complexity index is 791. The zero-order chi connectivity index (χ0) is 17.1. The van der Waals surface area contributed by atoms with E-state index in [1.165, 1.54) is 34.3 Å². The molecule has 0 radical (unpaired) electrons. The number of rotatable bonds is 4. The molecule has 0 aliphatic carbocycles. The minimum Gasteiger partial charge on any atom is -0.358 e. The van der Waals surface area contributed by atoms with Gasteiger partial charge in [0.05, 0.1) is 12.6 Å². The van der Waals surface area contributed by atoms with Crippen LogP contribution in [0.25, 0.3) is 0 Å². The standard InChI is InChI=1S/C20H21FN2S2/c21-16-7-1-4-14(12-16)13-18(23-20-22-9-11-25-20)17-8-2-5-15-6-3-10-24-19(15)17/h1-2,4-5,7-8,12,18H,3,6,9-11,13H2,(H,22,23). The molecule has 0 saturated heterocycles. The van der Waals surface area contributed by atoms with Crippen molar-refractivity contribution in [3.8, 4) is 0 Å². The van der Waals surface area contributed by atoms with Gasteiger partial charge >= 0.3 is 0 Å². The summed E-state index contributed by atoms with van der Waals surface area (Å²) in [6, 6.07) is 13.7. The summed E-state index contributed by atoms with van der Waals surface area (Å²) in [4.78, 5) is 5.97. The van der Waals surface area contributed by atoms with E-state index in [2.05, 4.69) is 28.5 Å². The number of halogens is 1. The summed E-state index contributed by atoms with van der Waals surface area (Å²) in [5, 5.41) is 4.64. The van der Waals surface area contributed by atoms with Gasteiger partial charge in [0.15, 0.2) is 5.17 Å². The third-order valence-corrected chi connectivity index (χ3v) is 6.74. The molecule has 2 nitrogen and oxygen atoms in total. The lowest BCUT2D eigenvalue weighted by Gasteiger charge is -2.26. The molecule has 2 aromatic carbocycles. The number of nitrogens with one attached hydrogen (secondary N) is 1. The van der Waals surface area contributed by atoms with Gasteiger partial charge in [-0.1, -0.05) is 42.1 Å². The number of aryl methyl sites for hydroxylation is 1. The second kappa shape index (κ2) is 7.83. The maximum atomic E-state index is 13.6. The van der Waals surface area contributed by atoms with Crippen molar-refractivity contribution >= 4 is 28.7 Å². The molecular formula is C20H21FN2S2. The average molecular weight is 373 g/mol. The molecule has 0 saturated carbocycles. The molecule has 0 fully saturated rings. The average Bonchev–Trinajstić information content (AvgIpc) is 3.14. The molecule has 0 amide bonds. The number of benzene rings is 2. The van der Waals surface area contributed by atoms with Crippen LogP contribution >= 0.6 is 23.5 Å². The zero-order valence-electron chi connectivity index (χ0n) is 14.0. The Kier molecular flexibility index (Phi) is 5.32. The second-order valence-corrected chi connectivity index (χ2v) is 8.54. The molecule has 1 N–H and O–H groups in total. The Morgan fingerprint density at radius 1 is 1.12 bits per heavy atom. The highest BCUT2D eigenvalue weighted by Crippen LogP contribution is 2.37. The van der Waals surface area contributed by atoms with Gasteiger partial charge in [-0.15, -0.1) is 11.8 Å². The van der Waals surface area contributed by atoms with Gasteiger partial charge in [0.25, 0.3) is 0 Å². The van der Waals surface area contributed by atoms with E-state index in [1.807, 2.05) is 17.8 Å². The minimum absolute atomic E-state index is 0.117. The number of hydrogen-bond donors (Lipinski definition) is 1. The fourth-order valence-electron chi connectivity index (χ4n) is 3.40. The van der Waals surface area contributed by atoms with Gasteiger partial charge in [-0.2, -0.15) is 0 Å². The van der Waals surface area contributed by atoms with Crippen LogP contribution in [-0.4, -0.2) is 23.2 Å². The smallest absolute Gasteiger partial charge is 0.157 e. The Labute approximate surface area is 156 Å². The number of aliphatic imine (C=N–C) groups is 1. The van der Waals surface area contributed by atoms with E-state index in [0.717, 1.165) is 35.9 Å². The highest BCUT2D eigenvalue weighted by molar-refractivity contribution is 8.14. The van der Waals surface area contributed by atoms with Crippen molar-refractivity contribution in [3.63, 3.8) is 0 Å². The predicted octanol–water partition coefficient (Wildman–Crippen LogP) is 4.84. The van der Waals surface area contributed by atoms with Crippen molar-refractivity contribution in [2.24, 2.45) is 4.99 Å². The molecule has 25 heavy (non-hydrogen) atoms. The summed E-state index contributed by atoms with van der Waals surface area (Å²) in [6.07, 6.45) is 3.15. The van der Waals surface area contributed by atoms with Crippen molar-refractivity contribution in [2.75, 3.05) is 18.1 Å². The fraction of sp³-hybridized carbons (Fsp3) is 0.350. The topological polar surface area (TPSA) is 24.4 Å². The minimum atomic E-state index is -0.173. The first-order valence-electron chi connectivity index (χ1n) is 8.72. The fourth-order valence-corrected chi connectivity index (χ4v) is 5.41. The highest BCUT2D eigenvalue weighted by atomic mass is 32.2. The van der Waals surface area contributed by atoms with Gasteiger partial charge in [0.2, 0.25) is 0 Å². The van der Waals surface area contributed by atoms with Gasteiger partial charge in [0, 0.05) is 10.6 Å². The maximum Gasteiger partial charge on any atom is 0.157 e. The Morgan fingerprint density at radius 3 is 2.88 bits per heavy atom. The summed E-state index contributed by atoms with van der Waals surface area (Å²) < 4.78 is 13.6. The lowest BCUT2D eigenvalue weighted by Crippen LogP contribution is -2.28. The number of amidine groups is 1. The van der Waals surface area contributed by atoms with Crippen molar-refractivity contribution in [2.45, 2.75) is 30.2 Å². The molecule has 0 aromatic heterocycles. The SMILES string of the molecule is Fc1cccc(CC(NC2=NCCS2)c2cccc3c2SCCC3)c1. The first kappa shape index (κ1) is 17.0. The third-order valence-electron chi connectivity index (χ3n) is 4.55. The first-order valence-corrected chi connectivity index (χ1v) is 10.7. The molecule has 4 rings (SSSR count). The summed E-state index contributed by atoms with van der Waals surface area (Å²) in [6.45, 7) is 0.876. The molecule has 2 aliphatic heterocycles. The van der Waals surface area contributed by atoms with Crippen LogP contribution in [0.3, 0.4) is 0 Å². The maximum absolute atomic E-state index is 13.6. The van der Waals surface area contributed by atoms with Crippen LogP contribution in [0, 0.1) is 5.82 Å². The number of fused-ring (bicyclic) bond motifs is 1. The van der Waals surface area contributed by atoms with Crippen LogP contribution in [0.5, 0.6) is 0 Å². The Morgan fingerprint density at radius 2 is 2.04 bits per heavy atom. The molecule has 1 unspecified atom stereocenters. The van der Waals surface area contributed by atoms with Gasteiger partial charge in [-0.05, 0) is 53.8 Å². The Hall–Kier alpha value is -1.46. The highest BCUT2D eigenvalue weighted by Gasteiger charge is 2.22. The summed E-state index contributed by atoms with van der Waals surface area (Å²) >= 11 is 3.73. The van der Waals surface area contributed by atoms with Crippen LogP contribution < -0.4 is 5.32 Å². The molecule has 2 heterocycles. The molecular weight excluding hydrogens is 351 g/mol. The van der Waals surface area contributed by atoms with Crippen molar-refractivity contribution in [3.05, 3.63) is 65.0 Å². The lowest BCUT2D eigenvalue weighted by molar-refractivity contribution is 0.609. The number of nitrogens with zero attached hydrogens (tertiary/aromatic N) is 1. The van der Waals surface area contributed by atoms with Crippen molar-refractivity contribution in [1.29, 1.82) is 0 Å². The molecule has 0 bridgehead atoms. The van der Waals surface area contributed by atoms with Crippen LogP contribution in [0.15, 0.2) is 52.4 Å². The van der Waals surface area contributed by atoms with Gasteiger partial charge in [-0.3, -0.25) is 4.99 Å². The van der Waals surface area contributed by atoms with E-state index in [9.17, 15) is 4.39 Å². The van der Waals surface area contributed by atoms with Crippen molar-refractivity contribution < 1.29 is 4.39 Å². The number of hydrogen-bond acceptors (Lipinski definition) is 4. The zero-order valence-corrected chi connectivity index (χ0v) is 15.6. The summed E-state index contributed by atoms with van der Waals surface area (Å²) in [7, 11) is 0. The van der Waals surface area contributed by atoms with E-state index in [0.29, 0.717) is 0 Å². The summed E-state index contributed by atoms with van der Waals surface area (Å²) in [5.74, 6) is 2.04. The Balaban J connectivity index is 1.67.